The zero-order valence-electron chi connectivity index (χ0n) is 19.9. The van der Waals surface area contributed by atoms with Crippen LogP contribution in [0.4, 0.5) is 0 Å². The molecular formula is C18H41NO7Si3. The summed E-state index contributed by atoms with van der Waals surface area (Å²) in [5, 5.41) is 0. The molecule has 0 amide bonds. The molecule has 0 aromatic rings. The first-order chi connectivity index (χ1) is 13.2. The lowest BCUT2D eigenvalue weighted by molar-refractivity contribution is -0.147. The molecule has 0 fully saturated rings. The summed E-state index contributed by atoms with van der Waals surface area (Å²) in [6.45, 7) is 14.9. The Balaban J connectivity index is 5.32. The van der Waals surface area contributed by atoms with E-state index in [-0.39, 0.29) is 18.4 Å². The molecule has 0 bridgehead atoms. The van der Waals surface area contributed by atoms with Crippen molar-refractivity contribution >= 4 is 37.4 Å². The van der Waals surface area contributed by atoms with E-state index in [2.05, 4.69) is 0 Å². The first-order valence-electron chi connectivity index (χ1n) is 10.1. The zero-order chi connectivity index (χ0) is 22.9. The molecular weight excluding hydrogens is 426 g/mol. The minimum Gasteiger partial charge on any atom is -0.520 e. The van der Waals surface area contributed by atoms with Crippen molar-refractivity contribution in [2.24, 2.45) is 0 Å². The van der Waals surface area contributed by atoms with Gasteiger partial charge in [-0.05, 0) is 58.8 Å². The SMILES string of the molecule is CCN(CCC[Si](OC)(OC)OC)C(CC(=O)O[Si](C)(C)C)C(=O)O[Si](C)(C)C. The number of carbonyl (C=O) groups excluding carboxylic acids is 2. The van der Waals surface area contributed by atoms with Crippen LogP contribution in [0, 0.1) is 0 Å². The third-order valence-electron chi connectivity index (χ3n) is 4.17. The molecule has 29 heavy (non-hydrogen) atoms. The molecule has 1 unspecified atom stereocenters. The summed E-state index contributed by atoms with van der Waals surface area (Å²) in [5.41, 5.74) is 0. The molecule has 0 saturated carbocycles. The van der Waals surface area contributed by atoms with Crippen molar-refractivity contribution in [3.8, 4) is 0 Å². The predicted molar refractivity (Wildman–Crippen MR) is 121 cm³/mol. The molecule has 0 spiro atoms. The predicted octanol–water partition coefficient (Wildman–Crippen LogP) is 3.09. The van der Waals surface area contributed by atoms with Crippen LogP contribution >= 0.6 is 0 Å². The maximum Gasteiger partial charge on any atom is 0.500 e. The Hall–Kier alpha value is -0.569. The van der Waals surface area contributed by atoms with Crippen molar-refractivity contribution in [1.82, 2.24) is 4.90 Å². The van der Waals surface area contributed by atoms with Crippen molar-refractivity contribution in [1.29, 1.82) is 0 Å². The largest absolute Gasteiger partial charge is 0.520 e. The van der Waals surface area contributed by atoms with Crippen molar-refractivity contribution in [2.75, 3.05) is 34.4 Å². The summed E-state index contributed by atoms with van der Waals surface area (Å²) in [6, 6.07) is -0.0541. The van der Waals surface area contributed by atoms with Crippen LogP contribution in [0.3, 0.4) is 0 Å². The molecule has 0 N–H and O–H groups in total. The first kappa shape index (κ1) is 28.4. The number of hydrogen-bond acceptors (Lipinski definition) is 8. The molecule has 0 heterocycles. The van der Waals surface area contributed by atoms with Crippen molar-refractivity contribution < 1.29 is 31.7 Å². The van der Waals surface area contributed by atoms with Crippen LogP contribution in [0.1, 0.15) is 19.8 Å². The monoisotopic (exact) mass is 467 g/mol. The lowest BCUT2D eigenvalue weighted by Gasteiger charge is -2.32. The van der Waals surface area contributed by atoms with E-state index in [4.69, 9.17) is 22.1 Å². The van der Waals surface area contributed by atoms with Crippen LogP contribution < -0.4 is 0 Å². The third-order valence-corrected chi connectivity index (χ3v) is 8.65. The van der Waals surface area contributed by atoms with E-state index in [1.54, 1.807) is 21.3 Å². The molecule has 0 aromatic heterocycles. The smallest absolute Gasteiger partial charge is 0.500 e. The molecule has 0 aliphatic heterocycles. The van der Waals surface area contributed by atoms with Gasteiger partial charge in [-0.15, -0.1) is 0 Å². The fourth-order valence-corrected chi connectivity index (χ4v) is 6.07. The van der Waals surface area contributed by atoms with Gasteiger partial charge in [-0.3, -0.25) is 14.5 Å². The number of hydrogen-bond donors (Lipinski definition) is 0. The molecule has 172 valence electrons. The van der Waals surface area contributed by atoms with Gasteiger partial charge in [0.05, 0.1) is 6.42 Å². The van der Waals surface area contributed by atoms with E-state index < -0.39 is 31.5 Å². The van der Waals surface area contributed by atoms with Crippen LogP contribution in [-0.4, -0.2) is 82.7 Å². The van der Waals surface area contributed by atoms with Crippen LogP contribution in [0.25, 0.3) is 0 Å². The van der Waals surface area contributed by atoms with Gasteiger partial charge in [0.15, 0.2) is 0 Å². The van der Waals surface area contributed by atoms with Gasteiger partial charge in [0, 0.05) is 27.4 Å². The minimum atomic E-state index is -2.68. The first-order valence-corrected chi connectivity index (χ1v) is 18.8. The van der Waals surface area contributed by atoms with E-state index >= 15 is 0 Å². The molecule has 1 atom stereocenters. The molecule has 0 rings (SSSR count). The van der Waals surface area contributed by atoms with Crippen LogP contribution in [0.5, 0.6) is 0 Å². The quantitative estimate of drug-likeness (QED) is 0.360. The van der Waals surface area contributed by atoms with Crippen LogP contribution in [0.2, 0.25) is 45.3 Å². The Morgan fingerprint density at radius 2 is 1.34 bits per heavy atom. The molecule has 0 aliphatic rings. The lowest BCUT2D eigenvalue weighted by Crippen LogP contribution is -2.48. The van der Waals surface area contributed by atoms with Crippen LogP contribution in [-0.2, 0) is 31.7 Å². The van der Waals surface area contributed by atoms with Gasteiger partial charge in [-0.25, -0.2) is 0 Å². The Labute approximate surface area is 179 Å². The van der Waals surface area contributed by atoms with Gasteiger partial charge in [-0.2, -0.15) is 0 Å². The van der Waals surface area contributed by atoms with E-state index in [1.807, 2.05) is 51.1 Å². The topological polar surface area (TPSA) is 83.5 Å². The van der Waals surface area contributed by atoms with Crippen molar-refractivity contribution in [3.05, 3.63) is 0 Å². The second-order valence-corrected chi connectivity index (χ2v) is 20.8. The highest BCUT2D eigenvalue weighted by atomic mass is 28.4. The maximum atomic E-state index is 12.9. The number of likely N-dealkylation sites (N-methyl/N-ethyl adjacent to an activating group) is 1. The fourth-order valence-electron chi connectivity index (χ4n) is 2.86. The average Bonchev–Trinajstić information content (AvgIpc) is 2.58. The minimum absolute atomic E-state index is 0.0111. The summed E-state index contributed by atoms with van der Waals surface area (Å²) in [4.78, 5) is 27.3. The number of rotatable bonds is 14. The Bertz CT molecular complexity index is 508. The number of nitrogens with zero attached hydrogens (tertiary/aromatic N) is 1. The van der Waals surface area contributed by atoms with Gasteiger partial charge in [0.2, 0.25) is 16.6 Å². The van der Waals surface area contributed by atoms with Gasteiger partial charge < -0.3 is 22.1 Å². The molecule has 0 aromatic carbocycles. The third kappa shape index (κ3) is 11.4. The van der Waals surface area contributed by atoms with E-state index in [0.29, 0.717) is 25.6 Å². The normalized spacial score (nSPS) is 14.0. The highest BCUT2D eigenvalue weighted by molar-refractivity contribution is 6.71. The molecule has 8 nitrogen and oxygen atoms in total. The fraction of sp³-hybridized carbons (Fsp3) is 0.889. The number of carbonyl (C=O) groups is 2. The summed E-state index contributed by atoms with van der Waals surface area (Å²) >= 11 is 0. The van der Waals surface area contributed by atoms with Crippen LogP contribution in [0.15, 0.2) is 0 Å². The summed E-state index contributed by atoms with van der Waals surface area (Å²) in [7, 11) is -2.07. The standard InChI is InChI=1S/C18H41NO7Si3/c1-11-19(13-12-14-29(22-2,23-3)24-4)16(18(21)26-28(8,9)10)15-17(20)25-27(5,6)7/h16H,11-15H2,1-10H3. The summed E-state index contributed by atoms with van der Waals surface area (Å²) in [6.07, 6.45) is 0.693. The van der Waals surface area contributed by atoms with E-state index in [9.17, 15) is 9.59 Å². The van der Waals surface area contributed by atoms with Gasteiger partial charge >= 0.3 is 14.8 Å². The zero-order valence-corrected chi connectivity index (χ0v) is 22.9. The second-order valence-electron chi connectivity index (χ2n) is 8.87. The highest BCUT2D eigenvalue weighted by Gasteiger charge is 2.38. The van der Waals surface area contributed by atoms with E-state index in [0.717, 1.165) is 0 Å². The second kappa shape index (κ2) is 12.3. The van der Waals surface area contributed by atoms with Crippen molar-refractivity contribution in [3.63, 3.8) is 0 Å². The average molecular weight is 468 g/mol. The Morgan fingerprint density at radius 3 is 1.72 bits per heavy atom. The van der Waals surface area contributed by atoms with Gasteiger partial charge in [0.25, 0.3) is 5.97 Å². The van der Waals surface area contributed by atoms with Gasteiger partial charge in [0.1, 0.15) is 6.04 Å². The summed E-state index contributed by atoms with van der Waals surface area (Å²) < 4.78 is 27.7. The Kier molecular flexibility index (Phi) is 12.1. The van der Waals surface area contributed by atoms with Crippen molar-refractivity contribution in [2.45, 2.75) is 71.1 Å². The molecule has 0 radical (unpaired) electrons. The van der Waals surface area contributed by atoms with E-state index in [1.165, 1.54) is 0 Å². The molecule has 0 saturated heterocycles. The van der Waals surface area contributed by atoms with Gasteiger partial charge in [-0.1, -0.05) is 6.92 Å². The Morgan fingerprint density at radius 1 is 0.862 bits per heavy atom. The highest BCUT2D eigenvalue weighted by Crippen LogP contribution is 2.19. The maximum absolute atomic E-state index is 12.9. The molecule has 11 heteroatoms. The lowest BCUT2D eigenvalue weighted by atomic mass is 10.1. The molecule has 0 aliphatic carbocycles. The summed E-state index contributed by atoms with van der Waals surface area (Å²) in [5.74, 6) is -0.707.